The van der Waals surface area contributed by atoms with E-state index in [1.807, 2.05) is 13.0 Å². The number of carbonyl (C=O) groups excluding carboxylic acids is 1. The van der Waals surface area contributed by atoms with E-state index >= 15 is 0 Å². The van der Waals surface area contributed by atoms with Gasteiger partial charge < -0.3 is 0 Å². The predicted molar refractivity (Wildman–Crippen MR) is 55.8 cm³/mol. The monoisotopic (exact) mass is 194 g/mol. The van der Waals surface area contributed by atoms with Gasteiger partial charge >= 0.3 is 0 Å². The van der Waals surface area contributed by atoms with Crippen LogP contribution in [0.4, 0.5) is 0 Å². The highest BCUT2D eigenvalue weighted by atomic mass is 35.5. The normalized spacial score (nSPS) is 26.3. The fourth-order valence-electron chi connectivity index (χ4n) is 1.07. The lowest BCUT2D eigenvalue weighted by atomic mass is 9.94. The molecule has 1 nitrogen and oxygen atoms in total. The number of rotatable bonds is 1. The molecule has 0 heterocycles. The number of alkyl halides is 1. The summed E-state index contributed by atoms with van der Waals surface area (Å²) in [7, 11) is 0. The van der Waals surface area contributed by atoms with Gasteiger partial charge in [0.2, 0.25) is 0 Å². The maximum atomic E-state index is 11.3. The van der Waals surface area contributed by atoms with Crippen LogP contribution in [0, 0.1) is 0 Å². The molecule has 0 fully saturated rings. The molecule has 0 bridgehead atoms. The van der Waals surface area contributed by atoms with Gasteiger partial charge in [-0.15, -0.1) is 11.6 Å². The van der Waals surface area contributed by atoms with Gasteiger partial charge in [0, 0.05) is 5.57 Å². The average molecular weight is 195 g/mol. The summed E-state index contributed by atoms with van der Waals surface area (Å²) < 4.78 is 0. The standard InChI is InChI=1S/C11H11ClO/c1-3-4-5-9-8(2)10(12)6-7-11(9)13/h3-7,10H,2H2,1H3/b4-3-,9-5+. The van der Waals surface area contributed by atoms with Crippen molar-refractivity contribution < 1.29 is 4.79 Å². The van der Waals surface area contributed by atoms with Crippen LogP contribution in [0.2, 0.25) is 0 Å². The van der Waals surface area contributed by atoms with Crippen LogP contribution in [-0.4, -0.2) is 11.2 Å². The molecule has 0 radical (unpaired) electrons. The molecule has 0 saturated heterocycles. The van der Waals surface area contributed by atoms with Gasteiger partial charge in [-0.05, 0) is 18.6 Å². The molecule has 0 aromatic heterocycles. The first kappa shape index (κ1) is 10.0. The van der Waals surface area contributed by atoms with E-state index in [-0.39, 0.29) is 11.2 Å². The van der Waals surface area contributed by atoms with E-state index in [9.17, 15) is 4.79 Å². The highest BCUT2D eigenvalue weighted by Crippen LogP contribution is 2.24. The summed E-state index contributed by atoms with van der Waals surface area (Å²) in [4.78, 5) is 11.3. The van der Waals surface area contributed by atoms with Gasteiger partial charge in [0.15, 0.2) is 5.78 Å². The van der Waals surface area contributed by atoms with Crippen LogP contribution >= 0.6 is 11.6 Å². The summed E-state index contributed by atoms with van der Waals surface area (Å²) in [6.45, 7) is 5.66. The quantitative estimate of drug-likeness (QED) is 0.464. The van der Waals surface area contributed by atoms with Crippen LogP contribution in [0.3, 0.4) is 0 Å². The van der Waals surface area contributed by atoms with Crippen LogP contribution in [0.15, 0.2) is 48.1 Å². The lowest BCUT2D eigenvalue weighted by Crippen LogP contribution is -2.13. The molecule has 1 aliphatic carbocycles. The highest BCUT2D eigenvalue weighted by Gasteiger charge is 2.19. The fraction of sp³-hybridized carbons (Fsp3) is 0.182. The van der Waals surface area contributed by atoms with E-state index in [4.69, 9.17) is 11.6 Å². The summed E-state index contributed by atoms with van der Waals surface area (Å²) in [5.41, 5.74) is 1.27. The topological polar surface area (TPSA) is 17.1 Å². The molecule has 2 heteroatoms. The Morgan fingerprint density at radius 1 is 1.62 bits per heavy atom. The van der Waals surface area contributed by atoms with Crippen LogP contribution in [0.5, 0.6) is 0 Å². The first-order valence-corrected chi connectivity index (χ1v) is 4.49. The Kier molecular flexibility index (Phi) is 3.26. The number of allylic oxidation sites excluding steroid dienone is 7. The van der Waals surface area contributed by atoms with E-state index < -0.39 is 0 Å². The maximum Gasteiger partial charge on any atom is 0.185 e. The Balaban J connectivity index is 3.02. The Hall–Kier alpha value is -1.08. The van der Waals surface area contributed by atoms with Crippen molar-refractivity contribution in [3.05, 3.63) is 48.1 Å². The Morgan fingerprint density at radius 2 is 2.31 bits per heavy atom. The third-order valence-corrected chi connectivity index (χ3v) is 2.23. The number of halogens is 1. The zero-order valence-electron chi connectivity index (χ0n) is 7.46. The number of hydrogen-bond acceptors (Lipinski definition) is 1. The second-order valence-electron chi connectivity index (χ2n) is 2.76. The van der Waals surface area contributed by atoms with Gasteiger partial charge in [0.05, 0.1) is 5.38 Å². The minimum atomic E-state index is -0.255. The van der Waals surface area contributed by atoms with Gasteiger partial charge in [0.1, 0.15) is 0 Å². The van der Waals surface area contributed by atoms with Crippen LogP contribution in [-0.2, 0) is 4.79 Å². The van der Waals surface area contributed by atoms with Crippen molar-refractivity contribution in [3.63, 3.8) is 0 Å². The second-order valence-corrected chi connectivity index (χ2v) is 3.23. The Bertz CT molecular complexity index is 321. The molecular weight excluding hydrogens is 184 g/mol. The summed E-state index contributed by atoms with van der Waals surface area (Å²) in [5, 5.41) is -0.255. The molecule has 1 atom stereocenters. The number of carbonyl (C=O) groups is 1. The van der Waals surface area contributed by atoms with Gasteiger partial charge in [0.25, 0.3) is 0 Å². The van der Waals surface area contributed by atoms with E-state index in [1.54, 1.807) is 18.2 Å². The lowest BCUT2D eigenvalue weighted by molar-refractivity contribution is -0.111. The summed E-state index contributed by atoms with van der Waals surface area (Å²) in [6.07, 6.45) is 8.54. The SMILES string of the molecule is C=C1/C(=C\C=C/C)C(=O)C=CC1Cl. The Labute approximate surface area is 83.1 Å². The minimum Gasteiger partial charge on any atom is -0.289 e. The molecule has 0 aliphatic heterocycles. The lowest BCUT2D eigenvalue weighted by Gasteiger charge is -2.14. The van der Waals surface area contributed by atoms with Crippen LogP contribution in [0.1, 0.15) is 6.92 Å². The molecular formula is C11H11ClO. The highest BCUT2D eigenvalue weighted by molar-refractivity contribution is 6.27. The molecule has 13 heavy (non-hydrogen) atoms. The zero-order valence-corrected chi connectivity index (χ0v) is 8.21. The largest absolute Gasteiger partial charge is 0.289 e. The predicted octanol–water partition coefficient (Wildman–Crippen LogP) is 2.79. The molecule has 1 unspecified atom stereocenters. The van der Waals surface area contributed by atoms with Gasteiger partial charge in [-0.2, -0.15) is 0 Å². The third-order valence-electron chi connectivity index (χ3n) is 1.82. The molecule has 68 valence electrons. The van der Waals surface area contributed by atoms with Crippen LogP contribution in [0.25, 0.3) is 0 Å². The maximum absolute atomic E-state index is 11.3. The van der Waals surface area contributed by atoms with Crippen molar-refractivity contribution in [2.24, 2.45) is 0 Å². The third kappa shape index (κ3) is 2.19. The van der Waals surface area contributed by atoms with Gasteiger partial charge in [-0.25, -0.2) is 0 Å². The number of hydrogen-bond donors (Lipinski definition) is 0. The van der Waals surface area contributed by atoms with Crippen molar-refractivity contribution in [1.29, 1.82) is 0 Å². The summed E-state index contributed by atoms with van der Waals surface area (Å²) in [5.74, 6) is -0.0278. The summed E-state index contributed by atoms with van der Waals surface area (Å²) in [6, 6.07) is 0. The Morgan fingerprint density at radius 3 is 2.92 bits per heavy atom. The molecule has 0 aromatic carbocycles. The van der Waals surface area contributed by atoms with Gasteiger partial charge in [-0.1, -0.05) is 30.9 Å². The van der Waals surface area contributed by atoms with Crippen molar-refractivity contribution in [2.75, 3.05) is 0 Å². The fourth-order valence-corrected chi connectivity index (χ4v) is 1.26. The molecule has 1 aliphatic rings. The van der Waals surface area contributed by atoms with Gasteiger partial charge in [-0.3, -0.25) is 4.79 Å². The molecule has 0 saturated carbocycles. The first-order chi connectivity index (χ1) is 6.16. The molecule has 0 spiro atoms. The molecule has 0 amide bonds. The van der Waals surface area contributed by atoms with E-state index in [1.165, 1.54) is 6.08 Å². The first-order valence-electron chi connectivity index (χ1n) is 4.05. The second kappa shape index (κ2) is 4.24. The van der Waals surface area contributed by atoms with E-state index in [0.29, 0.717) is 11.1 Å². The summed E-state index contributed by atoms with van der Waals surface area (Å²) >= 11 is 5.90. The van der Waals surface area contributed by atoms with Crippen molar-refractivity contribution in [1.82, 2.24) is 0 Å². The van der Waals surface area contributed by atoms with E-state index in [2.05, 4.69) is 6.58 Å². The van der Waals surface area contributed by atoms with Crippen molar-refractivity contribution in [2.45, 2.75) is 12.3 Å². The number of ketones is 1. The van der Waals surface area contributed by atoms with Crippen molar-refractivity contribution in [3.8, 4) is 0 Å². The minimum absolute atomic E-state index is 0.0278. The van der Waals surface area contributed by atoms with Crippen molar-refractivity contribution >= 4 is 17.4 Å². The average Bonchev–Trinajstić information content (AvgIpc) is 2.12. The van der Waals surface area contributed by atoms with E-state index in [0.717, 1.165) is 0 Å². The molecule has 0 N–H and O–H groups in total. The van der Waals surface area contributed by atoms with Crippen LogP contribution < -0.4 is 0 Å². The smallest absolute Gasteiger partial charge is 0.185 e. The zero-order chi connectivity index (χ0) is 9.84. The molecule has 0 aromatic rings. The molecule has 1 rings (SSSR count).